The van der Waals surface area contributed by atoms with Gasteiger partial charge in [-0.05, 0) is 0 Å². The van der Waals surface area contributed by atoms with Gasteiger partial charge in [0.05, 0.1) is 6.61 Å². The van der Waals surface area contributed by atoms with Gasteiger partial charge in [-0.25, -0.2) is 0 Å². The summed E-state index contributed by atoms with van der Waals surface area (Å²) >= 11 is 0. The molecule has 64 valence electrons. The normalized spacial score (nSPS) is 55.4. The first kappa shape index (κ1) is 7.45. The molecule has 2 aliphatic heterocycles. The second kappa shape index (κ2) is 2.40. The van der Waals surface area contributed by atoms with Crippen molar-refractivity contribution in [2.45, 2.75) is 30.7 Å². The van der Waals surface area contributed by atoms with E-state index in [4.69, 9.17) is 19.7 Å². The summed E-state index contributed by atoms with van der Waals surface area (Å²) in [5, 5.41) is 27.0. The predicted molar refractivity (Wildman–Crippen MR) is 32.6 cm³/mol. The molecule has 2 saturated heterocycles. The maximum Gasteiger partial charge on any atom is 0.184 e. The zero-order valence-electron chi connectivity index (χ0n) is 5.75. The fraction of sp³-hybridized carbons (Fsp3) is 1.00. The van der Waals surface area contributed by atoms with Crippen molar-refractivity contribution < 1.29 is 24.8 Å². The van der Waals surface area contributed by atoms with Crippen LogP contribution in [0, 0.1) is 0 Å². The van der Waals surface area contributed by atoms with E-state index in [-0.39, 0.29) is 6.61 Å². The van der Waals surface area contributed by atoms with Gasteiger partial charge in [0.15, 0.2) is 6.29 Å². The van der Waals surface area contributed by atoms with Crippen LogP contribution in [-0.2, 0) is 9.47 Å². The minimum Gasteiger partial charge on any atom is -0.394 e. The lowest BCUT2D eigenvalue weighted by Gasteiger charge is -2.23. The van der Waals surface area contributed by atoms with Gasteiger partial charge in [0.1, 0.15) is 24.4 Å². The average molecular weight is 162 g/mol. The van der Waals surface area contributed by atoms with Crippen molar-refractivity contribution in [3.05, 3.63) is 0 Å². The van der Waals surface area contributed by atoms with Gasteiger partial charge in [0, 0.05) is 0 Å². The Morgan fingerprint density at radius 1 is 1.09 bits per heavy atom. The zero-order valence-corrected chi connectivity index (χ0v) is 5.75. The minimum absolute atomic E-state index is 0.190. The SMILES string of the molecule is OC[C@H]1O[C@@H]2[C@@H](O)[C@@H]1O[C@@H]2O. The quantitative estimate of drug-likeness (QED) is 0.408. The highest BCUT2D eigenvalue weighted by Crippen LogP contribution is 2.33. The molecule has 0 spiro atoms. The number of ether oxygens (including phenoxy) is 2. The minimum atomic E-state index is -1.04. The zero-order chi connectivity index (χ0) is 8.01. The second-order valence-electron chi connectivity index (χ2n) is 2.80. The van der Waals surface area contributed by atoms with Crippen LogP contribution in [0.5, 0.6) is 0 Å². The molecule has 11 heavy (non-hydrogen) atoms. The van der Waals surface area contributed by atoms with Gasteiger partial charge in [-0.1, -0.05) is 0 Å². The molecule has 5 atom stereocenters. The number of rotatable bonds is 1. The third-order valence-electron chi connectivity index (χ3n) is 2.13. The largest absolute Gasteiger partial charge is 0.394 e. The number of hydrogen-bond donors (Lipinski definition) is 3. The first-order chi connectivity index (χ1) is 5.24. The van der Waals surface area contributed by atoms with E-state index in [0.29, 0.717) is 0 Å². The van der Waals surface area contributed by atoms with Crippen molar-refractivity contribution in [1.82, 2.24) is 0 Å². The molecule has 0 unspecified atom stereocenters. The highest BCUT2D eigenvalue weighted by Gasteiger charge is 2.54. The van der Waals surface area contributed by atoms with E-state index < -0.39 is 30.7 Å². The predicted octanol–water partition coefficient (Wildman–Crippen LogP) is -2.18. The van der Waals surface area contributed by atoms with Crippen molar-refractivity contribution in [3.8, 4) is 0 Å². The summed E-state index contributed by atoms with van der Waals surface area (Å²) in [5.41, 5.74) is 0. The van der Waals surface area contributed by atoms with Crippen molar-refractivity contribution in [1.29, 1.82) is 0 Å². The molecule has 3 N–H and O–H groups in total. The molecule has 5 nitrogen and oxygen atoms in total. The van der Waals surface area contributed by atoms with E-state index in [1.165, 1.54) is 0 Å². The molecular weight excluding hydrogens is 152 g/mol. The van der Waals surface area contributed by atoms with Gasteiger partial charge in [-0.15, -0.1) is 0 Å². The van der Waals surface area contributed by atoms with Crippen molar-refractivity contribution in [3.63, 3.8) is 0 Å². The summed E-state index contributed by atoms with van der Waals surface area (Å²) in [6, 6.07) is 0. The Bertz CT molecular complexity index is 159. The molecule has 2 rings (SSSR count). The van der Waals surface area contributed by atoms with Crippen LogP contribution in [-0.4, -0.2) is 52.6 Å². The molecular formula is C6H10O5. The number of hydrogen-bond acceptors (Lipinski definition) is 5. The highest BCUT2D eigenvalue weighted by atomic mass is 16.7. The summed E-state index contributed by atoms with van der Waals surface area (Å²) in [7, 11) is 0. The Balaban J connectivity index is 2.11. The average Bonchev–Trinajstić information content (AvgIpc) is 2.43. The van der Waals surface area contributed by atoms with Gasteiger partial charge in [0.25, 0.3) is 0 Å². The van der Waals surface area contributed by atoms with Crippen LogP contribution in [0.2, 0.25) is 0 Å². The van der Waals surface area contributed by atoms with Crippen molar-refractivity contribution >= 4 is 0 Å². The number of aliphatic hydroxyl groups excluding tert-OH is 3. The Kier molecular flexibility index (Phi) is 1.62. The van der Waals surface area contributed by atoms with E-state index in [0.717, 1.165) is 0 Å². The summed E-state index contributed by atoms with van der Waals surface area (Å²) < 4.78 is 9.96. The first-order valence-corrected chi connectivity index (χ1v) is 3.52. The third-order valence-corrected chi connectivity index (χ3v) is 2.13. The molecule has 0 aromatic rings. The van der Waals surface area contributed by atoms with Crippen LogP contribution in [0.3, 0.4) is 0 Å². The summed E-state index contributed by atoms with van der Waals surface area (Å²) in [6.07, 6.45) is -3.59. The lowest BCUT2D eigenvalue weighted by atomic mass is 10.1. The summed E-state index contributed by atoms with van der Waals surface area (Å²) in [5.74, 6) is 0. The Morgan fingerprint density at radius 2 is 1.82 bits per heavy atom. The lowest BCUT2D eigenvalue weighted by molar-refractivity contribution is -0.221. The molecule has 2 heterocycles. The van der Waals surface area contributed by atoms with E-state index in [1.54, 1.807) is 0 Å². The molecule has 0 aromatic heterocycles. The van der Waals surface area contributed by atoms with Crippen molar-refractivity contribution in [2.75, 3.05) is 6.61 Å². The van der Waals surface area contributed by atoms with Crippen molar-refractivity contribution in [2.24, 2.45) is 0 Å². The molecule has 2 bridgehead atoms. The first-order valence-electron chi connectivity index (χ1n) is 3.52. The smallest absolute Gasteiger partial charge is 0.184 e. The monoisotopic (exact) mass is 162 g/mol. The maximum absolute atomic E-state index is 9.28. The number of aliphatic hydroxyl groups is 3. The fourth-order valence-corrected chi connectivity index (χ4v) is 1.56. The van der Waals surface area contributed by atoms with Crippen LogP contribution in [0.25, 0.3) is 0 Å². The molecule has 0 saturated carbocycles. The number of fused-ring (bicyclic) bond motifs is 2. The standard InChI is InChI=1S/C6H10O5/c7-1-2-4-3(8)5(10-2)6(9)11-4/h2-9H,1H2/t2-,3+,4-,5-,6+/m1/s1. The highest BCUT2D eigenvalue weighted by molar-refractivity contribution is 4.98. The third kappa shape index (κ3) is 0.896. The Labute approximate surface area is 63.2 Å². The van der Waals surface area contributed by atoms with Gasteiger partial charge >= 0.3 is 0 Å². The lowest BCUT2D eigenvalue weighted by Crippen LogP contribution is -2.37. The maximum atomic E-state index is 9.28. The van der Waals surface area contributed by atoms with E-state index in [2.05, 4.69) is 0 Å². The van der Waals surface area contributed by atoms with Crippen LogP contribution in [0.15, 0.2) is 0 Å². The van der Waals surface area contributed by atoms with Gasteiger partial charge < -0.3 is 24.8 Å². The summed E-state index contributed by atoms with van der Waals surface area (Å²) in [4.78, 5) is 0. The van der Waals surface area contributed by atoms with Gasteiger partial charge in [-0.2, -0.15) is 0 Å². The molecule has 2 fully saturated rings. The molecule has 0 aromatic carbocycles. The molecule has 5 heteroatoms. The van der Waals surface area contributed by atoms with Crippen LogP contribution < -0.4 is 0 Å². The van der Waals surface area contributed by atoms with E-state index >= 15 is 0 Å². The summed E-state index contributed by atoms with van der Waals surface area (Å²) in [6.45, 7) is -0.190. The molecule has 0 radical (unpaired) electrons. The molecule has 0 aliphatic carbocycles. The second-order valence-corrected chi connectivity index (χ2v) is 2.80. The van der Waals surface area contributed by atoms with Gasteiger partial charge in [0.2, 0.25) is 0 Å². The van der Waals surface area contributed by atoms with Crippen LogP contribution >= 0.6 is 0 Å². The molecule has 0 amide bonds. The van der Waals surface area contributed by atoms with Crippen LogP contribution in [0.4, 0.5) is 0 Å². The Hall–Kier alpha value is -0.200. The Morgan fingerprint density at radius 3 is 2.18 bits per heavy atom. The van der Waals surface area contributed by atoms with Gasteiger partial charge in [-0.3, -0.25) is 0 Å². The van der Waals surface area contributed by atoms with E-state index in [9.17, 15) is 5.11 Å². The van der Waals surface area contributed by atoms with Crippen LogP contribution in [0.1, 0.15) is 0 Å². The fourth-order valence-electron chi connectivity index (χ4n) is 1.56. The molecule has 2 aliphatic rings. The van der Waals surface area contributed by atoms with E-state index in [1.807, 2.05) is 0 Å². The topological polar surface area (TPSA) is 79.2 Å².